The number of carbonyl (C=O) groups is 1. The summed E-state index contributed by atoms with van der Waals surface area (Å²) in [7, 11) is 0. The Morgan fingerprint density at radius 1 is 1.25 bits per heavy atom. The Morgan fingerprint density at radius 2 is 2.05 bits per heavy atom. The highest BCUT2D eigenvalue weighted by atomic mass is 19.1. The smallest absolute Gasteiger partial charge is 0.241 e. The summed E-state index contributed by atoms with van der Waals surface area (Å²) in [6.07, 6.45) is 5.45. The molecule has 3 rings (SSSR count). The number of hydrogen-bond donors (Lipinski definition) is 2. The lowest BCUT2D eigenvalue weighted by Crippen LogP contribution is -2.40. The summed E-state index contributed by atoms with van der Waals surface area (Å²) in [5.41, 5.74) is -0.0910. The Hall–Kier alpha value is -1.49. The Bertz CT molecular complexity index is 507. The summed E-state index contributed by atoms with van der Waals surface area (Å²) in [5.74, 6) is -0.911. The lowest BCUT2D eigenvalue weighted by atomic mass is 9.85. The molecule has 0 spiro atoms. The van der Waals surface area contributed by atoms with Crippen LogP contribution in [0.2, 0.25) is 0 Å². The topological polar surface area (TPSA) is 41.1 Å². The fourth-order valence-electron chi connectivity index (χ4n) is 3.33. The molecule has 1 saturated carbocycles. The van der Waals surface area contributed by atoms with Gasteiger partial charge in [-0.3, -0.25) is 4.79 Å². The number of hydrogen-bond acceptors (Lipinski definition) is 2. The van der Waals surface area contributed by atoms with Gasteiger partial charge in [-0.05, 0) is 37.3 Å². The normalized spacial score (nSPS) is 29.0. The zero-order valence-corrected chi connectivity index (χ0v) is 11.2. The van der Waals surface area contributed by atoms with Crippen molar-refractivity contribution >= 4 is 11.6 Å². The van der Waals surface area contributed by atoms with Crippen LogP contribution in [0.1, 0.15) is 32.1 Å². The van der Waals surface area contributed by atoms with Gasteiger partial charge in [0.2, 0.25) is 5.91 Å². The van der Waals surface area contributed by atoms with E-state index in [-0.39, 0.29) is 17.6 Å². The number of carbonyl (C=O) groups excluding carboxylic acids is 1. The maximum atomic E-state index is 13.5. The maximum Gasteiger partial charge on any atom is 0.241 e. The van der Waals surface area contributed by atoms with Gasteiger partial charge in [0.05, 0.1) is 11.7 Å². The van der Waals surface area contributed by atoms with Crippen molar-refractivity contribution in [3.05, 3.63) is 29.8 Å². The minimum absolute atomic E-state index is 0.0910. The number of amides is 1. The first-order valence-electron chi connectivity index (χ1n) is 7.15. The second-order valence-electron chi connectivity index (χ2n) is 5.72. The predicted molar refractivity (Wildman–Crippen MR) is 72.3 cm³/mol. The highest BCUT2D eigenvalue weighted by Gasteiger charge is 2.38. The first kappa shape index (κ1) is 13.5. The molecule has 1 heterocycles. The average molecular weight is 280 g/mol. The molecule has 2 N–H and O–H groups in total. The van der Waals surface area contributed by atoms with E-state index in [0.717, 1.165) is 37.5 Å². The molecule has 0 bridgehead atoms. The largest absolute Gasteiger partial charge is 0.322 e. The fraction of sp³-hybridized carbons (Fsp3) is 0.533. The van der Waals surface area contributed by atoms with Crippen molar-refractivity contribution in [2.45, 2.75) is 44.2 Å². The van der Waals surface area contributed by atoms with Gasteiger partial charge in [-0.2, -0.15) is 0 Å². The van der Waals surface area contributed by atoms with Gasteiger partial charge in [0.1, 0.15) is 11.6 Å². The Kier molecular flexibility index (Phi) is 3.70. The van der Waals surface area contributed by atoms with Crippen LogP contribution < -0.4 is 10.6 Å². The molecule has 3 nitrogen and oxygen atoms in total. The molecule has 1 aromatic rings. The van der Waals surface area contributed by atoms with Crippen LogP contribution in [0, 0.1) is 17.6 Å². The van der Waals surface area contributed by atoms with Gasteiger partial charge >= 0.3 is 0 Å². The zero-order valence-electron chi connectivity index (χ0n) is 11.2. The number of halogens is 2. The predicted octanol–water partition coefficient (Wildman–Crippen LogP) is 2.82. The third-order valence-corrected chi connectivity index (χ3v) is 4.37. The molecule has 3 atom stereocenters. The third kappa shape index (κ3) is 2.68. The van der Waals surface area contributed by atoms with Crippen molar-refractivity contribution in [2.75, 3.05) is 5.32 Å². The minimum Gasteiger partial charge on any atom is -0.322 e. The number of fused-ring (bicyclic) bond motifs is 1. The van der Waals surface area contributed by atoms with Crippen LogP contribution in [0.3, 0.4) is 0 Å². The van der Waals surface area contributed by atoms with Gasteiger partial charge in [-0.15, -0.1) is 0 Å². The van der Waals surface area contributed by atoms with Crippen LogP contribution in [0.4, 0.5) is 14.5 Å². The van der Waals surface area contributed by atoms with Gasteiger partial charge in [0.25, 0.3) is 0 Å². The molecule has 1 aliphatic heterocycles. The molecular weight excluding hydrogens is 262 g/mol. The van der Waals surface area contributed by atoms with Crippen LogP contribution in [0.15, 0.2) is 18.2 Å². The molecular formula is C15H18F2N2O. The second-order valence-corrected chi connectivity index (χ2v) is 5.72. The molecule has 1 amide bonds. The van der Waals surface area contributed by atoms with Crippen molar-refractivity contribution in [3.8, 4) is 0 Å². The summed E-state index contributed by atoms with van der Waals surface area (Å²) in [6.45, 7) is 0. The summed E-state index contributed by atoms with van der Waals surface area (Å²) >= 11 is 0. The van der Waals surface area contributed by atoms with Gasteiger partial charge in [-0.1, -0.05) is 12.8 Å². The van der Waals surface area contributed by atoms with Gasteiger partial charge in [0, 0.05) is 12.1 Å². The highest BCUT2D eigenvalue weighted by Crippen LogP contribution is 2.33. The van der Waals surface area contributed by atoms with E-state index < -0.39 is 11.6 Å². The quantitative estimate of drug-likeness (QED) is 0.874. The molecule has 2 fully saturated rings. The van der Waals surface area contributed by atoms with Crippen molar-refractivity contribution in [3.63, 3.8) is 0 Å². The van der Waals surface area contributed by atoms with Crippen LogP contribution >= 0.6 is 0 Å². The summed E-state index contributed by atoms with van der Waals surface area (Å²) < 4.78 is 26.6. The van der Waals surface area contributed by atoms with E-state index in [2.05, 4.69) is 10.6 Å². The Balaban J connectivity index is 1.66. The number of anilines is 1. The van der Waals surface area contributed by atoms with Crippen molar-refractivity contribution in [1.82, 2.24) is 5.32 Å². The standard InChI is InChI=1S/C15H18F2N2O/c16-10-5-6-11(17)13(8-10)19-15(20)14-7-9-3-1-2-4-12(9)18-14/h5-6,8-9,12,14,18H,1-4,7H2,(H,19,20). The molecule has 1 aliphatic carbocycles. The molecule has 0 aromatic heterocycles. The molecule has 0 radical (unpaired) electrons. The van der Waals surface area contributed by atoms with Crippen LogP contribution in [0.5, 0.6) is 0 Å². The molecule has 2 aliphatic rings. The van der Waals surface area contributed by atoms with Crippen LogP contribution in [-0.4, -0.2) is 18.0 Å². The fourth-order valence-corrected chi connectivity index (χ4v) is 3.33. The molecule has 108 valence electrons. The minimum atomic E-state index is -0.616. The van der Waals surface area contributed by atoms with Gasteiger partial charge < -0.3 is 10.6 Å². The molecule has 1 saturated heterocycles. The Morgan fingerprint density at radius 3 is 2.85 bits per heavy atom. The van der Waals surface area contributed by atoms with Crippen molar-refractivity contribution in [1.29, 1.82) is 0 Å². The van der Waals surface area contributed by atoms with E-state index in [9.17, 15) is 13.6 Å². The first-order chi connectivity index (χ1) is 9.63. The van der Waals surface area contributed by atoms with E-state index >= 15 is 0 Å². The summed E-state index contributed by atoms with van der Waals surface area (Å²) in [6, 6.07) is 3.16. The van der Waals surface area contributed by atoms with Crippen LogP contribution in [-0.2, 0) is 4.79 Å². The number of nitrogens with one attached hydrogen (secondary N) is 2. The lowest BCUT2D eigenvalue weighted by Gasteiger charge is -2.24. The SMILES string of the molecule is O=C(Nc1cc(F)ccc1F)C1CC2CCCCC2N1. The molecule has 3 unspecified atom stereocenters. The van der Waals surface area contributed by atoms with E-state index in [0.29, 0.717) is 12.0 Å². The summed E-state index contributed by atoms with van der Waals surface area (Å²) in [5, 5.41) is 5.80. The molecule has 20 heavy (non-hydrogen) atoms. The van der Waals surface area contributed by atoms with E-state index in [1.54, 1.807) is 0 Å². The Labute approximate surface area is 116 Å². The number of benzene rings is 1. The highest BCUT2D eigenvalue weighted by molar-refractivity contribution is 5.95. The third-order valence-electron chi connectivity index (χ3n) is 4.37. The zero-order chi connectivity index (χ0) is 14.1. The van der Waals surface area contributed by atoms with Crippen molar-refractivity contribution < 1.29 is 13.6 Å². The van der Waals surface area contributed by atoms with E-state index in [4.69, 9.17) is 0 Å². The van der Waals surface area contributed by atoms with E-state index in [1.165, 1.54) is 12.8 Å². The molecule has 1 aromatic carbocycles. The maximum absolute atomic E-state index is 13.5. The second kappa shape index (κ2) is 5.48. The van der Waals surface area contributed by atoms with Gasteiger partial charge in [-0.25, -0.2) is 8.78 Å². The molecule has 5 heteroatoms. The lowest BCUT2D eigenvalue weighted by molar-refractivity contribution is -0.117. The van der Waals surface area contributed by atoms with Crippen LogP contribution in [0.25, 0.3) is 0 Å². The van der Waals surface area contributed by atoms with Gasteiger partial charge in [0.15, 0.2) is 0 Å². The summed E-state index contributed by atoms with van der Waals surface area (Å²) in [4.78, 5) is 12.2. The monoisotopic (exact) mass is 280 g/mol. The number of rotatable bonds is 2. The average Bonchev–Trinajstić information content (AvgIpc) is 2.87. The first-order valence-corrected chi connectivity index (χ1v) is 7.15. The van der Waals surface area contributed by atoms with Crippen molar-refractivity contribution in [2.24, 2.45) is 5.92 Å². The van der Waals surface area contributed by atoms with E-state index in [1.807, 2.05) is 0 Å².